The average Bonchev–Trinajstić information content (AvgIpc) is 2.67. The largest absolute Gasteiger partial charge is 0.733 e. The third kappa shape index (κ3) is 5.97. The average molecular weight is 395 g/mol. The Bertz CT molecular complexity index is 786. The SMILES string of the molecule is COC(=O)[C@H](C)N[P@](=O)(Oc1ccccc1)Oc1ccc(N([O-])OC)cc1. The highest BCUT2D eigenvalue weighted by Gasteiger charge is 2.33. The van der Waals surface area contributed by atoms with E-state index in [1.165, 1.54) is 45.4 Å². The van der Waals surface area contributed by atoms with E-state index in [9.17, 15) is 14.6 Å². The van der Waals surface area contributed by atoms with Gasteiger partial charge in [0.1, 0.15) is 17.5 Å². The molecule has 0 spiro atoms. The second-order valence-electron chi connectivity index (χ2n) is 5.30. The third-order valence-corrected chi connectivity index (χ3v) is 4.92. The Morgan fingerprint density at radius 3 is 2.11 bits per heavy atom. The summed E-state index contributed by atoms with van der Waals surface area (Å²) < 4.78 is 28.8. The predicted molar refractivity (Wildman–Crippen MR) is 99.2 cm³/mol. The van der Waals surface area contributed by atoms with Crippen molar-refractivity contribution in [1.82, 2.24) is 5.09 Å². The molecule has 2 aromatic rings. The molecule has 1 N–H and O–H groups in total. The minimum absolute atomic E-state index is 0.159. The first-order valence-electron chi connectivity index (χ1n) is 7.88. The number of esters is 1. The molecular weight excluding hydrogens is 375 g/mol. The second kappa shape index (κ2) is 9.38. The first kappa shape index (κ1) is 20.7. The van der Waals surface area contributed by atoms with Crippen LogP contribution in [0.5, 0.6) is 11.5 Å². The first-order chi connectivity index (χ1) is 12.9. The molecule has 0 aromatic heterocycles. The lowest BCUT2D eigenvalue weighted by Crippen LogP contribution is -2.35. The molecule has 0 unspecified atom stereocenters. The van der Waals surface area contributed by atoms with E-state index in [1.807, 2.05) is 0 Å². The predicted octanol–water partition coefficient (Wildman–Crippen LogP) is 3.27. The number of hydrogen-bond donors (Lipinski definition) is 1. The minimum atomic E-state index is -4.01. The Kier molecular flexibility index (Phi) is 7.20. The summed E-state index contributed by atoms with van der Waals surface area (Å²) in [6.45, 7) is 1.47. The topological polar surface area (TPSA) is 109 Å². The Morgan fingerprint density at radius 1 is 1.04 bits per heavy atom. The van der Waals surface area contributed by atoms with Crippen LogP contribution in [0.25, 0.3) is 0 Å². The lowest BCUT2D eigenvalue weighted by molar-refractivity contribution is -0.142. The van der Waals surface area contributed by atoms with Crippen LogP contribution < -0.4 is 19.4 Å². The van der Waals surface area contributed by atoms with Gasteiger partial charge in [0.25, 0.3) is 0 Å². The number of rotatable bonds is 9. The molecule has 0 aliphatic rings. The highest BCUT2D eigenvalue weighted by atomic mass is 31.2. The van der Waals surface area contributed by atoms with Gasteiger partial charge >= 0.3 is 13.7 Å². The van der Waals surface area contributed by atoms with Gasteiger partial charge in [-0.2, -0.15) is 5.09 Å². The van der Waals surface area contributed by atoms with E-state index >= 15 is 0 Å². The van der Waals surface area contributed by atoms with E-state index in [0.717, 1.165) is 0 Å². The summed E-state index contributed by atoms with van der Waals surface area (Å²) in [5.41, 5.74) is 0.222. The molecule has 9 nitrogen and oxygen atoms in total. The summed E-state index contributed by atoms with van der Waals surface area (Å²) in [5.74, 6) is -0.188. The van der Waals surface area contributed by atoms with Gasteiger partial charge in [-0.3, -0.25) is 9.63 Å². The smallest absolute Gasteiger partial charge is 0.513 e. The molecule has 2 atom stereocenters. The highest BCUT2D eigenvalue weighted by Crippen LogP contribution is 2.45. The molecule has 0 fully saturated rings. The van der Waals surface area contributed by atoms with Crippen molar-refractivity contribution in [3.05, 3.63) is 59.8 Å². The Hall–Kier alpha value is -2.58. The zero-order valence-electron chi connectivity index (χ0n) is 15.0. The second-order valence-corrected chi connectivity index (χ2v) is 6.92. The summed E-state index contributed by atoms with van der Waals surface area (Å²) in [6, 6.07) is 13.1. The summed E-state index contributed by atoms with van der Waals surface area (Å²) in [4.78, 5) is 16.2. The van der Waals surface area contributed by atoms with Crippen molar-refractivity contribution in [3.8, 4) is 11.5 Å². The van der Waals surface area contributed by atoms with Gasteiger partial charge in [0.2, 0.25) is 0 Å². The van der Waals surface area contributed by atoms with Crippen molar-refractivity contribution in [3.63, 3.8) is 0 Å². The van der Waals surface area contributed by atoms with Gasteiger partial charge in [-0.05, 0) is 43.3 Å². The quantitative estimate of drug-likeness (QED) is 0.389. The molecule has 0 bridgehead atoms. The van der Waals surface area contributed by atoms with Gasteiger partial charge in [-0.15, -0.1) is 0 Å². The first-order valence-corrected chi connectivity index (χ1v) is 9.42. The maximum Gasteiger partial charge on any atom is 0.513 e. The summed E-state index contributed by atoms with van der Waals surface area (Å²) in [5, 5.41) is 14.3. The van der Waals surface area contributed by atoms with Crippen LogP contribution in [-0.2, 0) is 18.9 Å². The van der Waals surface area contributed by atoms with Crippen LogP contribution in [0.3, 0.4) is 0 Å². The summed E-state index contributed by atoms with van der Waals surface area (Å²) in [7, 11) is -1.56. The number of para-hydroxylation sites is 1. The number of ether oxygens (including phenoxy) is 1. The summed E-state index contributed by atoms with van der Waals surface area (Å²) in [6.07, 6.45) is 0. The summed E-state index contributed by atoms with van der Waals surface area (Å²) >= 11 is 0. The van der Waals surface area contributed by atoms with Gasteiger partial charge in [0.05, 0.1) is 19.9 Å². The van der Waals surface area contributed by atoms with Gasteiger partial charge in [0.15, 0.2) is 0 Å². The van der Waals surface area contributed by atoms with Crippen LogP contribution >= 0.6 is 7.75 Å². The molecule has 146 valence electrons. The monoisotopic (exact) mass is 395 g/mol. The number of nitrogens with one attached hydrogen (secondary N) is 1. The van der Waals surface area contributed by atoms with E-state index in [0.29, 0.717) is 5.23 Å². The maximum atomic E-state index is 13.2. The zero-order chi connectivity index (χ0) is 19.9. The number of anilines is 1. The molecule has 2 rings (SSSR count). The van der Waals surface area contributed by atoms with Gasteiger partial charge in [-0.25, -0.2) is 4.57 Å². The lowest BCUT2D eigenvalue weighted by Gasteiger charge is -2.27. The molecule has 0 saturated carbocycles. The molecular formula is C17H20N2O7P-. The standard InChI is InChI=1S/C17H20N2O7P/c1-13(17(20)23-2)18-27(22,25-15-7-5-4-6-8-15)26-16-11-9-14(10-12-16)19(21)24-3/h4-13H,1-3H3,(H,18,22)/q-1/t13-,27-/m0/s1. The lowest BCUT2D eigenvalue weighted by atomic mass is 10.3. The molecule has 0 aliphatic carbocycles. The fraction of sp³-hybridized carbons (Fsp3) is 0.235. The van der Waals surface area contributed by atoms with Crippen molar-refractivity contribution in [1.29, 1.82) is 0 Å². The normalized spacial score (nSPS) is 13.9. The van der Waals surface area contributed by atoms with E-state index in [-0.39, 0.29) is 17.2 Å². The number of carbonyl (C=O) groups is 1. The fourth-order valence-corrected chi connectivity index (χ4v) is 3.55. The Morgan fingerprint density at radius 2 is 1.59 bits per heavy atom. The molecule has 0 saturated heterocycles. The Labute approximate surface area is 156 Å². The van der Waals surface area contributed by atoms with Crippen LogP contribution in [0.2, 0.25) is 0 Å². The fourth-order valence-electron chi connectivity index (χ4n) is 2.03. The molecule has 10 heteroatoms. The van der Waals surface area contributed by atoms with Crippen LogP contribution in [0.1, 0.15) is 6.92 Å². The van der Waals surface area contributed by atoms with Crippen molar-refractivity contribution in [2.45, 2.75) is 13.0 Å². The highest BCUT2D eigenvalue weighted by molar-refractivity contribution is 7.52. The van der Waals surface area contributed by atoms with E-state index in [2.05, 4.69) is 14.7 Å². The molecule has 0 heterocycles. The van der Waals surface area contributed by atoms with Crippen LogP contribution in [-0.4, -0.2) is 26.2 Å². The molecule has 0 aliphatic heterocycles. The number of nitrogens with zero attached hydrogens (tertiary/aromatic N) is 1. The maximum absolute atomic E-state index is 13.2. The number of methoxy groups -OCH3 is 1. The number of hydrogen-bond acceptors (Lipinski definition) is 8. The van der Waals surface area contributed by atoms with Crippen LogP contribution in [0, 0.1) is 5.21 Å². The molecule has 2 aromatic carbocycles. The van der Waals surface area contributed by atoms with Crippen molar-refractivity contribution < 1.29 is 28.0 Å². The minimum Gasteiger partial charge on any atom is -0.733 e. The molecule has 0 amide bonds. The van der Waals surface area contributed by atoms with Crippen molar-refractivity contribution in [2.75, 3.05) is 19.4 Å². The van der Waals surface area contributed by atoms with Crippen molar-refractivity contribution in [2.24, 2.45) is 0 Å². The van der Waals surface area contributed by atoms with E-state index < -0.39 is 19.8 Å². The van der Waals surface area contributed by atoms with E-state index in [1.54, 1.807) is 30.3 Å². The molecule has 0 radical (unpaired) electrons. The number of benzene rings is 2. The zero-order valence-corrected chi connectivity index (χ0v) is 15.9. The van der Waals surface area contributed by atoms with Crippen molar-refractivity contribution >= 4 is 19.4 Å². The van der Waals surface area contributed by atoms with Crippen LogP contribution in [0.4, 0.5) is 5.69 Å². The molecule has 27 heavy (non-hydrogen) atoms. The third-order valence-electron chi connectivity index (χ3n) is 3.31. The van der Waals surface area contributed by atoms with E-state index in [4.69, 9.17) is 9.05 Å². The Balaban J connectivity index is 2.23. The van der Waals surface area contributed by atoms with Crippen LogP contribution in [0.15, 0.2) is 54.6 Å². The number of carbonyl (C=O) groups excluding carboxylic acids is 1. The van der Waals surface area contributed by atoms with Gasteiger partial charge < -0.3 is 24.2 Å². The van der Waals surface area contributed by atoms with Gasteiger partial charge in [-0.1, -0.05) is 18.2 Å². The van der Waals surface area contributed by atoms with Gasteiger partial charge in [0, 0.05) is 0 Å².